The molecule has 0 atom stereocenters. The second-order valence-corrected chi connectivity index (χ2v) is 6.94. The van der Waals surface area contributed by atoms with Gasteiger partial charge in [0, 0.05) is 37.4 Å². The van der Waals surface area contributed by atoms with E-state index in [1.54, 1.807) is 14.2 Å². The molecule has 1 saturated heterocycles. The maximum absolute atomic E-state index is 12.7. The smallest absolute Gasteiger partial charge is 0.246 e. The van der Waals surface area contributed by atoms with Gasteiger partial charge in [0.15, 0.2) is 0 Å². The molecule has 0 N–H and O–H groups in total. The van der Waals surface area contributed by atoms with Gasteiger partial charge in [-0.25, -0.2) is 0 Å². The number of aromatic nitrogens is 4. The molecule has 0 spiro atoms. The predicted molar refractivity (Wildman–Crippen MR) is 112 cm³/mol. The van der Waals surface area contributed by atoms with Gasteiger partial charge < -0.3 is 19.3 Å². The Morgan fingerprint density at radius 2 is 1.50 bits per heavy atom. The van der Waals surface area contributed by atoms with Gasteiger partial charge in [-0.1, -0.05) is 0 Å². The first kappa shape index (κ1) is 19.7. The number of benzene rings is 2. The van der Waals surface area contributed by atoms with Crippen LogP contribution in [0.4, 0.5) is 5.69 Å². The van der Waals surface area contributed by atoms with Crippen molar-refractivity contribution in [1.82, 2.24) is 25.1 Å². The summed E-state index contributed by atoms with van der Waals surface area (Å²) in [5.74, 6) is 2.06. The second kappa shape index (κ2) is 8.81. The normalized spacial score (nSPS) is 13.9. The molecule has 9 nitrogen and oxygen atoms in total. The average Bonchev–Trinajstić information content (AvgIpc) is 3.27. The van der Waals surface area contributed by atoms with Crippen molar-refractivity contribution in [3.8, 4) is 22.9 Å². The molecule has 3 aromatic rings. The van der Waals surface area contributed by atoms with Crippen LogP contribution < -0.4 is 14.4 Å². The zero-order valence-corrected chi connectivity index (χ0v) is 17.1. The summed E-state index contributed by atoms with van der Waals surface area (Å²) < 4.78 is 10.4. The Kier molecular flexibility index (Phi) is 5.78. The third-order valence-electron chi connectivity index (χ3n) is 5.15. The van der Waals surface area contributed by atoms with E-state index in [0.29, 0.717) is 18.9 Å². The van der Waals surface area contributed by atoms with Gasteiger partial charge in [0.25, 0.3) is 0 Å². The molecule has 1 amide bonds. The maximum Gasteiger partial charge on any atom is 0.246 e. The molecule has 0 saturated carbocycles. The monoisotopic (exact) mass is 408 g/mol. The Morgan fingerprint density at radius 1 is 0.900 bits per heavy atom. The molecular weight excluding hydrogens is 384 g/mol. The van der Waals surface area contributed by atoms with Crippen molar-refractivity contribution >= 4 is 11.6 Å². The van der Waals surface area contributed by atoms with Crippen molar-refractivity contribution in [2.75, 3.05) is 45.3 Å². The van der Waals surface area contributed by atoms with Gasteiger partial charge in [-0.2, -0.15) is 4.80 Å². The number of tetrazole rings is 1. The van der Waals surface area contributed by atoms with Crippen LogP contribution in [-0.2, 0) is 11.3 Å². The van der Waals surface area contributed by atoms with Crippen molar-refractivity contribution in [3.63, 3.8) is 0 Å². The summed E-state index contributed by atoms with van der Waals surface area (Å²) in [5.41, 5.74) is 1.95. The number of hydrogen-bond acceptors (Lipinski definition) is 7. The first-order valence-corrected chi connectivity index (χ1v) is 9.75. The third kappa shape index (κ3) is 4.35. The summed E-state index contributed by atoms with van der Waals surface area (Å²) in [6, 6.07) is 15.4. The Bertz CT molecular complexity index is 979. The van der Waals surface area contributed by atoms with Crippen molar-refractivity contribution < 1.29 is 14.3 Å². The lowest BCUT2D eigenvalue weighted by molar-refractivity contribution is -0.132. The lowest BCUT2D eigenvalue weighted by Crippen LogP contribution is -2.49. The second-order valence-electron chi connectivity index (χ2n) is 6.94. The van der Waals surface area contributed by atoms with Crippen LogP contribution >= 0.6 is 0 Å². The molecule has 1 aliphatic heterocycles. The highest BCUT2D eigenvalue weighted by Gasteiger charge is 2.22. The van der Waals surface area contributed by atoms with Gasteiger partial charge in [-0.15, -0.1) is 10.2 Å². The van der Waals surface area contributed by atoms with Crippen LogP contribution in [0, 0.1) is 0 Å². The van der Waals surface area contributed by atoms with Crippen LogP contribution in [0.2, 0.25) is 0 Å². The van der Waals surface area contributed by atoms with E-state index in [4.69, 9.17) is 9.47 Å². The number of nitrogens with zero attached hydrogens (tertiary/aromatic N) is 6. The molecule has 2 heterocycles. The number of piperazine rings is 1. The largest absolute Gasteiger partial charge is 0.497 e. The van der Waals surface area contributed by atoms with E-state index in [0.717, 1.165) is 35.8 Å². The highest BCUT2D eigenvalue weighted by molar-refractivity contribution is 5.76. The van der Waals surface area contributed by atoms with Gasteiger partial charge in [0.2, 0.25) is 11.7 Å². The SMILES string of the molecule is COc1ccc(-c2nnn(CC(=O)N3CCN(c4ccc(OC)cc4)CC3)n2)cc1. The lowest BCUT2D eigenvalue weighted by atomic mass is 10.2. The fourth-order valence-corrected chi connectivity index (χ4v) is 3.39. The molecule has 2 aromatic carbocycles. The molecule has 1 aliphatic rings. The first-order chi connectivity index (χ1) is 14.7. The zero-order chi connectivity index (χ0) is 20.9. The standard InChI is InChI=1S/C21H24N6O3/c1-29-18-7-3-16(4-8-18)21-22-24-27(23-21)15-20(28)26-13-11-25(12-14-26)17-5-9-19(30-2)10-6-17/h3-10H,11-15H2,1-2H3. The molecular formula is C21H24N6O3. The van der Waals surface area contributed by atoms with Gasteiger partial charge in [0.1, 0.15) is 18.0 Å². The van der Waals surface area contributed by atoms with E-state index in [9.17, 15) is 4.79 Å². The molecule has 4 rings (SSSR count). The lowest BCUT2D eigenvalue weighted by Gasteiger charge is -2.36. The number of rotatable bonds is 6. The molecule has 0 aliphatic carbocycles. The molecule has 0 bridgehead atoms. The van der Waals surface area contributed by atoms with E-state index < -0.39 is 0 Å². The Balaban J connectivity index is 1.32. The Morgan fingerprint density at radius 3 is 2.10 bits per heavy atom. The van der Waals surface area contributed by atoms with E-state index in [-0.39, 0.29) is 12.5 Å². The zero-order valence-electron chi connectivity index (χ0n) is 17.1. The molecule has 0 radical (unpaired) electrons. The number of anilines is 1. The van der Waals surface area contributed by atoms with Crippen molar-refractivity contribution in [1.29, 1.82) is 0 Å². The minimum Gasteiger partial charge on any atom is -0.497 e. The van der Waals surface area contributed by atoms with Crippen LogP contribution in [0.1, 0.15) is 0 Å². The van der Waals surface area contributed by atoms with Crippen molar-refractivity contribution in [2.24, 2.45) is 0 Å². The summed E-state index contributed by atoms with van der Waals surface area (Å²) >= 11 is 0. The average molecular weight is 408 g/mol. The fraction of sp³-hybridized carbons (Fsp3) is 0.333. The van der Waals surface area contributed by atoms with Crippen molar-refractivity contribution in [3.05, 3.63) is 48.5 Å². The van der Waals surface area contributed by atoms with E-state index >= 15 is 0 Å². The summed E-state index contributed by atoms with van der Waals surface area (Å²) in [5, 5.41) is 12.4. The number of carbonyl (C=O) groups excluding carboxylic acids is 1. The summed E-state index contributed by atoms with van der Waals surface area (Å²) in [4.78, 5) is 18.1. The number of carbonyl (C=O) groups is 1. The molecule has 0 unspecified atom stereocenters. The summed E-state index contributed by atoms with van der Waals surface area (Å²) in [6.07, 6.45) is 0. The number of amides is 1. The van der Waals surface area contributed by atoms with Gasteiger partial charge in [-0.3, -0.25) is 4.79 Å². The Hall–Kier alpha value is -3.62. The van der Waals surface area contributed by atoms with Gasteiger partial charge in [-0.05, 0) is 53.7 Å². The number of hydrogen-bond donors (Lipinski definition) is 0. The third-order valence-corrected chi connectivity index (χ3v) is 5.15. The number of methoxy groups -OCH3 is 2. The summed E-state index contributed by atoms with van der Waals surface area (Å²) in [6.45, 7) is 2.95. The number of ether oxygens (including phenoxy) is 2. The molecule has 156 valence electrons. The molecule has 30 heavy (non-hydrogen) atoms. The minimum atomic E-state index is -0.0111. The van der Waals surface area contributed by atoms with Crippen LogP contribution in [0.15, 0.2) is 48.5 Å². The van der Waals surface area contributed by atoms with Crippen LogP contribution in [0.3, 0.4) is 0 Å². The van der Waals surface area contributed by atoms with Gasteiger partial charge >= 0.3 is 0 Å². The van der Waals surface area contributed by atoms with E-state index in [1.807, 2.05) is 53.4 Å². The fourth-order valence-electron chi connectivity index (χ4n) is 3.39. The van der Waals surface area contributed by atoms with E-state index in [2.05, 4.69) is 20.3 Å². The van der Waals surface area contributed by atoms with Crippen LogP contribution in [0.25, 0.3) is 11.4 Å². The van der Waals surface area contributed by atoms with E-state index in [1.165, 1.54) is 4.80 Å². The van der Waals surface area contributed by atoms with Gasteiger partial charge in [0.05, 0.1) is 14.2 Å². The molecule has 1 fully saturated rings. The quantitative estimate of drug-likeness (QED) is 0.614. The molecule has 9 heteroatoms. The van der Waals surface area contributed by atoms with Crippen LogP contribution in [-0.4, -0.2) is 71.4 Å². The first-order valence-electron chi connectivity index (χ1n) is 9.75. The minimum absolute atomic E-state index is 0.0111. The maximum atomic E-state index is 12.7. The summed E-state index contributed by atoms with van der Waals surface area (Å²) in [7, 11) is 3.27. The topological polar surface area (TPSA) is 85.6 Å². The highest BCUT2D eigenvalue weighted by atomic mass is 16.5. The Labute approximate surface area is 174 Å². The van der Waals surface area contributed by atoms with Crippen LogP contribution in [0.5, 0.6) is 11.5 Å². The molecule has 1 aromatic heterocycles. The predicted octanol–water partition coefficient (Wildman–Crippen LogP) is 1.71. The highest BCUT2D eigenvalue weighted by Crippen LogP contribution is 2.21. The van der Waals surface area contributed by atoms with Crippen molar-refractivity contribution in [2.45, 2.75) is 6.54 Å².